The van der Waals surface area contributed by atoms with Crippen molar-refractivity contribution in [1.82, 2.24) is 9.97 Å². The number of hydrogen-bond donors (Lipinski definition) is 1. The topological polar surface area (TPSA) is 51.8 Å². The van der Waals surface area contributed by atoms with E-state index >= 15 is 0 Å². The van der Waals surface area contributed by atoms with Gasteiger partial charge in [0.1, 0.15) is 0 Å². The summed E-state index contributed by atoms with van der Waals surface area (Å²) >= 11 is 7.54. The van der Waals surface area contributed by atoms with Crippen LogP contribution in [0.2, 0.25) is 5.02 Å². The number of aromatic nitrogens is 2. The Morgan fingerprint density at radius 1 is 1.06 bits per heavy atom. The third-order valence-electron chi connectivity index (χ3n) is 2.46. The molecule has 0 unspecified atom stereocenters. The third kappa shape index (κ3) is 2.94. The highest BCUT2D eigenvalue weighted by molar-refractivity contribution is 7.99. The smallest absolute Gasteiger partial charge is 0.192 e. The van der Waals surface area contributed by atoms with Crippen LogP contribution in [-0.4, -0.2) is 9.97 Å². The van der Waals surface area contributed by atoms with Crippen LogP contribution < -0.4 is 5.73 Å². The predicted molar refractivity (Wildman–Crippen MR) is 76.2 cm³/mol. The van der Waals surface area contributed by atoms with Gasteiger partial charge in [0.2, 0.25) is 0 Å². The molecule has 94 valence electrons. The minimum Gasteiger partial charge on any atom is -0.398 e. The monoisotopic (exact) mass is 279 g/mol. The molecule has 2 aromatic rings. The van der Waals surface area contributed by atoms with Crippen LogP contribution in [0.4, 0.5) is 5.69 Å². The van der Waals surface area contributed by atoms with E-state index in [0.29, 0.717) is 10.7 Å². The maximum atomic E-state index is 6.04. The van der Waals surface area contributed by atoms with Crippen molar-refractivity contribution in [2.24, 2.45) is 0 Å². The van der Waals surface area contributed by atoms with Crippen molar-refractivity contribution in [2.75, 3.05) is 5.73 Å². The van der Waals surface area contributed by atoms with Gasteiger partial charge >= 0.3 is 0 Å². The number of benzene rings is 1. The van der Waals surface area contributed by atoms with Crippen molar-refractivity contribution in [3.8, 4) is 0 Å². The summed E-state index contributed by atoms with van der Waals surface area (Å²) in [7, 11) is 0. The van der Waals surface area contributed by atoms with Crippen molar-refractivity contribution < 1.29 is 0 Å². The highest BCUT2D eigenvalue weighted by Gasteiger charge is 2.08. The molecular weight excluding hydrogens is 266 g/mol. The van der Waals surface area contributed by atoms with Gasteiger partial charge in [-0.05, 0) is 56.3 Å². The van der Waals surface area contributed by atoms with E-state index in [0.717, 1.165) is 27.0 Å². The van der Waals surface area contributed by atoms with Gasteiger partial charge in [0.25, 0.3) is 0 Å². The molecule has 0 fully saturated rings. The van der Waals surface area contributed by atoms with E-state index in [2.05, 4.69) is 9.97 Å². The molecule has 18 heavy (non-hydrogen) atoms. The van der Waals surface area contributed by atoms with E-state index in [-0.39, 0.29) is 0 Å². The van der Waals surface area contributed by atoms with E-state index < -0.39 is 0 Å². The first-order valence-electron chi connectivity index (χ1n) is 5.51. The van der Waals surface area contributed by atoms with Gasteiger partial charge in [-0.2, -0.15) is 0 Å². The summed E-state index contributed by atoms with van der Waals surface area (Å²) in [5.74, 6) is 0. The molecule has 0 aliphatic rings. The Hall–Kier alpha value is -1.26. The van der Waals surface area contributed by atoms with Gasteiger partial charge in [0.05, 0.1) is 10.7 Å². The number of rotatable bonds is 2. The third-order valence-corrected chi connectivity index (χ3v) is 3.81. The molecular formula is C13H14ClN3S. The van der Waals surface area contributed by atoms with Crippen LogP contribution in [0.15, 0.2) is 28.3 Å². The first kappa shape index (κ1) is 13.2. The normalized spacial score (nSPS) is 10.7. The maximum Gasteiger partial charge on any atom is 0.192 e. The summed E-state index contributed by atoms with van der Waals surface area (Å²) in [6, 6.07) is 5.68. The molecule has 5 heteroatoms. The van der Waals surface area contributed by atoms with Crippen LogP contribution in [0, 0.1) is 20.8 Å². The van der Waals surface area contributed by atoms with Gasteiger partial charge in [-0.3, -0.25) is 0 Å². The molecule has 0 atom stereocenters. The first-order valence-corrected chi connectivity index (χ1v) is 6.71. The Kier molecular flexibility index (Phi) is 3.78. The number of hydrogen-bond acceptors (Lipinski definition) is 4. The zero-order chi connectivity index (χ0) is 13.3. The lowest BCUT2D eigenvalue weighted by Crippen LogP contribution is -1.94. The van der Waals surface area contributed by atoms with E-state index in [1.807, 2.05) is 39.0 Å². The summed E-state index contributed by atoms with van der Waals surface area (Å²) in [6.45, 7) is 5.92. The zero-order valence-corrected chi connectivity index (χ0v) is 12.1. The average molecular weight is 280 g/mol. The Morgan fingerprint density at radius 3 is 2.28 bits per heavy atom. The fraction of sp³-hybridized carbons (Fsp3) is 0.231. The molecule has 2 rings (SSSR count). The molecule has 0 saturated heterocycles. The van der Waals surface area contributed by atoms with Gasteiger partial charge in [-0.25, -0.2) is 9.97 Å². The van der Waals surface area contributed by atoms with Gasteiger partial charge in [-0.15, -0.1) is 0 Å². The van der Waals surface area contributed by atoms with E-state index in [9.17, 15) is 0 Å². The SMILES string of the molecule is Cc1cc(C)nc(Sc2cc(Cl)c(N)cc2C)n1. The number of nitrogens with two attached hydrogens (primary N) is 1. The van der Waals surface area contributed by atoms with Crippen molar-refractivity contribution in [3.05, 3.63) is 40.2 Å². The molecule has 3 nitrogen and oxygen atoms in total. The molecule has 1 heterocycles. The van der Waals surface area contributed by atoms with E-state index in [1.165, 1.54) is 11.8 Å². The highest BCUT2D eigenvalue weighted by atomic mass is 35.5. The van der Waals surface area contributed by atoms with E-state index in [4.69, 9.17) is 17.3 Å². The summed E-state index contributed by atoms with van der Waals surface area (Å²) in [5.41, 5.74) is 9.35. The van der Waals surface area contributed by atoms with E-state index in [1.54, 1.807) is 0 Å². The van der Waals surface area contributed by atoms with Crippen LogP contribution in [0.5, 0.6) is 0 Å². The quantitative estimate of drug-likeness (QED) is 0.671. The molecule has 0 aliphatic carbocycles. The van der Waals surface area contributed by atoms with Crippen LogP contribution in [-0.2, 0) is 0 Å². The fourth-order valence-electron chi connectivity index (χ4n) is 1.63. The van der Waals surface area contributed by atoms with Crippen molar-refractivity contribution in [3.63, 3.8) is 0 Å². The molecule has 0 spiro atoms. The summed E-state index contributed by atoms with van der Waals surface area (Å²) < 4.78 is 0. The minimum atomic E-state index is 0.562. The van der Waals surface area contributed by atoms with Crippen molar-refractivity contribution >= 4 is 29.1 Å². The van der Waals surface area contributed by atoms with Crippen LogP contribution >= 0.6 is 23.4 Å². The molecule has 0 radical (unpaired) electrons. The molecule has 1 aromatic carbocycles. The molecule has 1 aromatic heterocycles. The predicted octanol–water partition coefficient (Wildman–Crippen LogP) is 3.79. The van der Waals surface area contributed by atoms with Crippen molar-refractivity contribution in [2.45, 2.75) is 30.8 Å². The Labute approximate surface area is 116 Å². The Balaban J connectivity index is 2.36. The number of nitrogen functional groups attached to an aromatic ring is 1. The van der Waals surface area contributed by atoms with Crippen LogP contribution in [0.25, 0.3) is 0 Å². The van der Waals surface area contributed by atoms with Crippen LogP contribution in [0.3, 0.4) is 0 Å². The molecule has 0 bridgehead atoms. The lowest BCUT2D eigenvalue weighted by Gasteiger charge is -2.08. The van der Waals surface area contributed by atoms with Gasteiger partial charge in [0, 0.05) is 16.3 Å². The molecule has 0 amide bonds. The van der Waals surface area contributed by atoms with Gasteiger partial charge < -0.3 is 5.73 Å². The molecule has 0 aliphatic heterocycles. The second kappa shape index (κ2) is 5.16. The second-order valence-corrected chi connectivity index (χ2v) is 5.59. The zero-order valence-electron chi connectivity index (χ0n) is 10.5. The van der Waals surface area contributed by atoms with Crippen molar-refractivity contribution in [1.29, 1.82) is 0 Å². The Morgan fingerprint density at radius 2 is 1.67 bits per heavy atom. The first-order chi connectivity index (χ1) is 8.45. The molecule has 2 N–H and O–H groups in total. The molecule has 0 saturated carbocycles. The average Bonchev–Trinajstić information content (AvgIpc) is 2.24. The second-order valence-electron chi connectivity index (χ2n) is 4.17. The number of nitrogens with zero attached hydrogens (tertiary/aromatic N) is 2. The van der Waals surface area contributed by atoms with Gasteiger partial charge in [0.15, 0.2) is 5.16 Å². The summed E-state index contributed by atoms with van der Waals surface area (Å²) in [5, 5.41) is 1.30. The lowest BCUT2D eigenvalue weighted by atomic mass is 10.2. The van der Waals surface area contributed by atoms with Crippen LogP contribution in [0.1, 0.15) is 17.0 Å². The summed E-state index contributed by atoms with van der Waals surface area (Å²) in [4.78, 5) is 9.83. The van der Waals surface area contributed by atoms with Gasteiger partial charge in [-0.1, -0.05) is 11.6 Å². The summed E-state index contributed by atoms with van der Waals surface area (Å²) in [6.07, 6.45) is 0. The maximum absolute atomic E-state index is 6.04. The largest absolute Gasteiger partial charge is 0.398 e. The lowest BCUT2D eigenvalue weighted by molar-refractivity contribution is 0.901. The minimum absolute atomic E-state index is 0.562. The Bertz CT molecular complexity index is 579. The standard InChI is InChI=1S/C13H14ClN3S/c1-7-4-11(15)10(14)6-12(7)18-13-16-8(2)5-9(3)17-13/h4-6H,15H2,1-3H3. The number of aryl methyl sites for hydroxylation is 3. The highest BCUT2D eigenvalue weighted by Crippen LogP contribution is 2.33. The fourth-order valence-corrected chi connectivity index (χ4v) is 2.83. The number of halogens is 1. The number of anilines is 1.